The molecule has 1 aromatic heterocycles. The molecular formula is C8H3BrClIN2S. The number of hydrogen-bond acceptors (Lipinski definition) is 3. The van der Waals surface area contributed by atoms with Gasteiger partial charge in [-0.3, -0.25) is 0 Å². The molecule has 1 heterocycles. The van der Waals surface area contributed by atoms with Crippen LogP contribution in [0.4, 0.5) is 0 Å². The first kappa shape index (κ1) is 10.8. The number of benzene rings is 1. The molecule has 0 aliphatic rings. The highest BCUT2D eigenvalue weighted by molar-refractivity contribution is 14.1. The molecule has 0 saturated carbocycles. The van der Waals surface area contributed by atoms with Crippen molar-refractivity contribution in [1.82, 2.24) is 9.36 Å². The summed E-state index contributed by atoms with van der Waals surface area (Å²) in [6.45, 7) is 0. The first-order valence-electron chi connectivity index (χ1n) is 3.61. The van der Waals surface area contributed by atoms with E-state index >= 15 is 0 Å². The standard InChI is InChI=1S/C8H3BrClIN2S/c9-6-2-1-4(10)3-5(6)7-12-8(11)13-14-7/h1-3H. The van der Waals surface area contributed by atoms with Crippen molar-refractivity contribution in [3.05, 3.63) is 31.5 Å². The predicted molar refractivity (Wildman–Crippen MR) is 70.8 cm³/mol. The number of hydrogen-bond donors (Lipinski definition) is 0. The smallest absolute Gasteiger partial charge is 0.203 e. The number of halogens is 3. The van der Waals surface area contributed by atoms with E-state index in [1.807, 2.05) is 18.2 Å². The van der Waals surface area contributed by atoms with E-state index in [4.69, 9.17) is 11.6 Å². The second kappa shape index (κ2) is 4.42. The zero-order valence-corrected chi connectivity index (χ0v) is 12.0. The lowest BCUT2D eigenvalue weighted by Gasteiger charge is -1.99. The van der Waals surface area contributed by atoms with Gasteiger partial charge in [-0.2, -0.15) is 4.37 Å². The number of aromatic nitrogens is 2. The van der Waals surface area contributed by atoms with Crippen molar-refractivity contribution >= 4 is 61.7 Å². The lowest BCUT2D eigenvalue weighted by atomic mass is 10.2. The molecule has 14 heavy (non-hydrogen) atoms. The maximum absolute atomic E-state index is 5.91. The van der Waals surface area contributed by atoms with Crippen LogP contribution in [0.2, 0.25) is 5.02 Å². The normalized spacial score (nSPS) is 10.5. The Morgan fingerprint density at radius 1 is 1.43 bits per heavy atom. The van der Waals surface area contributed by atoms with Gasteiger partial charge in [0, 0.05) is 37.6 Å². The van der Waals surface area contributed by atoms with Crippen LogP contribution in [-0.4, -0.2) is 9.36 Å². The van der Waals surface area contributed by atoms with Gasteiger partial charge < -0.3 is 0 Å². The fourth-order valence-corrected chi connectivity index (χ4v) is 3.01. The highest BCUT2D eigenvalue weighted by Crippen LogP contribution is 2.31. The molecule has 0 unspecified atom stereocenters. The van der Waals surface area contributed by atoms with Gasteiger partial charge in [-0.15, -0.1) is 0 Å². The highest BCUT2D eigenvalue weighted by atomic mass is 127. The van der Waals surface area contributed by atoms with Gasteiger partial charge in [0.2, 0.25) is 3.83 Å². The SMILES string of the molecule is Clc1ccc(Br)c(-c2nc(I)ns2)c1. The average Bonchev–Trinajstić information content (AvgIpc) is 2.56. The lowest BCUT2D eigenvalue weighted by Crippen LogP contribution is -1.79. The van der Waals surface area contributed by atoms with E-state index in [9.17, 15) is 0 Å². The highest BCUT2D eigenvalue weighted by Gasteiger charge is 2.08. The zero-order chi connectivity index (χ0) is 10.1. The molecule has 0 amide bonds. The Bertz CT molecular complexity index is 474. The van der Waals surface area contributed by atoms with Gasteiger partial charge in [-0.05, 0) is 29.7 Å². The Labute approximate surface area is 112 Å². The van der Waals surface area contributed by atoms with Gasteiger partial charge >= 0.3 is 0 Å². The van der Waals surface area contributed by atoms with Crippen molar-refractivity contribution < 1.29 is 0 Å². The fraction of sp³-hybridized carbons (Fsp3) is 0. The molecule has 72 valence electrons. The minimum atomic E-state index is 0.702. The van der Waals surface area contributed by atoms with E-state index in [1.165, 1.54) is 11.5 Å². The number of nitrogens with zero attached hydrogens (tertiary/aromatic N) is 2. The molecule has 2 rings (SSSR count). The lowest BCUT2D eigenvalue weighted by molar-refractivity contribution is 1.25. The van der Waals surface area contributed by atoms with Crippen LogP contribution in [0.3, 0.4) is 0 Å². The first-order chi connectivity index (χ1) is 6.66. The van der Waals surface area contributed by atoms with Crippen molar-refractivity contribution in [3.63, 3.8) is 0 Å². The van der Waals surface area contributed by atoms with Crippen LogP contribution < -0.4 is 0 Å². The van der Waals surface area contributed by atoms with E-state index in [-0.39, 0.29) is 0 Å². The Balaban J connectivity index is 2.55. The van der Waals surface area contributed by atoms with Crippen molar-refractivity contribution in [2.75, 3.05) is 0 Å². The van der Waals surface area contributed by atoms with E-state index in [0.29, 0.717) is 5.02 Å². The van der Waals surface area contributed by atoms with Gasteiger partial charge in [0.05, 0.1) is 0 Å². The molecule has 0 N–H and O–H groups in total. The Morgan fingerprint density at radius 3 is 2.86 bits per heavy atom. The molecular weight excluding hydrogens is 398 g/mol. The second-order valence-corrected chi connectivity index (χ2v) is 5.50. The van der Waals surface area contributed by atoms with E-state index in [1.54, 1.807) is 0 Å². The summed E-state index contributed by atoms with van der Waals surface area (Å²) in [5.74, 6) is 0. The third-order valence-corrected chi connectivity index (χ3v) is 4.04. The summed E-state index contributed by atoms with van der Waals surface area (Å²) >= 11 is 12.8. The Hall–Kier alpha value is 0.280. The minimum absolute atomic E-state index is 0.702. The van der Waals surface area contributed by atoms with E-state index < -0.39 is 0 Å². The molecule has 0 fully saturated rings. The van der Waals surface area contributed by atoms with Gasteiger partial charge in [0.15, 0.2) is 0 Å². The summed E-state index contributed by atoms with van der Waals surface area (Å²) in [5, 5.41) is 1.58. The Kier molecular flexibility index (Phi) is 3.41. The molecule has 0 bridgehead atoms. The topological polar surface area (TPSA) is 25.8 Å². The fourth-order valence-electron chi connectivity index (χ4n) is 0.976. The van der Waals surface area contributed by atoms with Crippen LogP contribution in [0.15, 0.2) is 22.7 Å². The molecule has 0 radical (unpaired) electrons. The average molecular weight is 401 g/mol. The van der Waals surface area contributed by atoms with Gasteiger partial charge in [0.25, 0.3) is 0 Å². The zero-order valence-electron chi connectivity index (χ0n) is 6.67. The molecule has 6 heteroatoms. The van der Waals surface area contributed by atoms with Crippen LogP contribution in [0.5, 0.6) is 0 Å². The third kappa shape index (κ3) is 2.26. The van der Waals surface area contributed by atoms with Crippen LogP contribution >= 0.6 is 61.7 Å². The second-order valence-electron chi connectivity index (χ2n) is 2.49. The summed E-state index contributed by atoms with van der Waals surface area (Å²) in [4.78, 5) is 4.29. The maximum atomic E-state index is 5.91. The molecule has 0 aliphatic heterocycles. The van der Waals surface area contributed by atoms with E-state index in [2.05, 4.69) is 47.9 Å². The molecule has 0 saturated heterocycles. The molecule has 0 aliphatic carbocycles. The molecule has 2 nitrogen and oxygen atoms in total. The van der Waals surface area contributed by atoms with Crippen LogP contribution in [0.25, 0.3) is 10.6 Å². The van der Waals surface area contributed by atoms with Crippen molar-refractivity contribution in [1.29, 1.82) is 0 Å². The minimum Gasteiger partial charge on any atom is -0.210 e. The van der Waals surface area contributed by atoms with Gasteiger partial charge in [0.1, 0.15) is 5.01 Å². The van der Waals surface area contributed by atoms with Crippen molar-refractivity contribution in [2.24, 2.45) is 0 Å². The van der Waals surface area contributed by atoms with Crippen LogP contribution in [0.1, 0.15) is 0 Å². The predicted octanol–water partition coefficient (Wildman–Crippen LogP) is 4.23. The first-order valence-corrected chi connectivity index (χ1v) is 6.64. The third-order valence-electron chi connectivity index (χ3n) is 1.56. The quantitative estimate of drug-likeness (QED) is 0.669. The molecule has 1 aromatic carbocycles. The molecule has 0 atom stereocenters. The molecule has 0 spiro atoms. The van der Waals surface area contributed by atoms with Crippen LogP contribution in [0, 0.1) is 3.83 Å². The van der Waals surface area contributed by atoms with E-state index in [0.717, 1.165) is 18.9 Å². The summed E-state index contributed by atoms with van der Waals surface area (Å²) in [6, 6.07) is 5.62. The largest absolute Gasteiger partial charge is 0.210 e. The van der Waals surface area contributed by atoms with Crippen molar-refractivity contribution in [3.8, 4) is 10.6 Å². The van der Waals surface area contributed by atoms with Gasteiger partial charge in [-0.1, -0.05) is 27.5 Å². The van der Waals surface area contributed by atoms with Crippen molar-refractivity contribution in [2.45, 2.75) is 0 Å². The van der Waals surface area contributed by atoms with Crippen LogP contribution in [-0.2, 0) is 0 Å². The monoisotopic (exact) mass is 400 g/mol. The Morgan fingerprint density at radius 2 is 2.21 bits per heavy atom. The summed E-state index contributed by atoms with van der Waals surface area (Å²) in [5.41, 5.74) is 0.984. The summed E-state index contributed by atoms with van der Waals surface area (Å²) < 4.78 is 5.86. The summed E-state index contributed by atoms with van der Waals surface area (Å²) in [6.07, 6.45) is 0. The number of rotatable bonds is 1. The van der Waals surface area contributed by atoms with Gasteiger partial charge in [-0.25, -0.2) is 4.98 Å². The maximum Gasteiger partial charge on any atom is 0.203 e. The summed E-state index contributed by atoms with van der Waals surface area (Å²) in [7, 11) is 0. The molecule has 2 aromatic rings.